The average molecular weight is 259 g/mol. The molecule has 1 aromatic carbocycles. The first-order valence-corrected chi connectivity index (χ1v) is 6.09. The zero-order chi connectivity index (χ0) is 13.4. The van der Waals surface area contributed by atoms with Crippen molar-refractivity contribution in [2.24, 2.45) is 0 Å². The van der Waals surface area contributed by atoms with Crippen LogP contribution >= 0.6 is 0 Å². The lowest BCUT2D eigenvalue weighted by Crippen LogP contribution is -2.38. The number of benzene rings is 1. The molecule has 2 atom stereocenters. The summed E-state index contributed by atoms with van der Waals surface area (Å²) in [6, 6.07) is 6.76. The van der Waals surface area contributed by atoms with Crippen LogP contribution in [0.2, 0.25) is 0 Å². The Morgan fingerprint density at radius 2 is 2.26 bits per heavy atom. The lowest BCUT2D eigenvalue weighted by molar-refractivity contribution is -0.142. The van der Waals surface area contributed by atoms with Crippen LogP contribution < -0.4 is 5.32 Å². The number of carbonyl (C=O) groups is 2. The monoisotopic (exact) mass is 259 g/mol. The van der Waals surface area contributed by atoms with E-state index in [4.69, 9.17) is 4.74 Å². The van der Waals surface area contributed by atoms with Gasteiger partial charge >= 0.3 is 5.97 Å². The molecular formula is C13H13N3O3. The number of hydrogen-bond donors (Lipinski definition) is 2. The smallest absolute Gasteiger partial charge is 0.329 e. The normalized spacial score (nSPS) is 22.5. The van der Waals surface area contributed by atoms with Crippen LogP contribution in [0.1, 0.15) is 23.8 Å². The second-order valence-corrected chi connectivity index (χ2v) is 4.63. The third kappa shape index (κ3) is 2.05. The van der Waals surface area contributed by atoms with Crippen molar-refractivity contribution in [3.05, 3.63) is 30.0 Å². The molecule has 3 rings (SSSR count). The SMILES string of the molecule is C[C@@H]1C[C@@H](NC(=O)c2n[nH]c3ccccc23)C(=O)O1. The Kier molecular flexibility index (Phi) is 2.70. The molecule has 98 valence electrons. The van der Waals surface area contributed by atoms with E-state index in [1.54, 1.807) is 6.92 Å². The van der Waals surface area contributed by atoms with Crippen molar-refractivity contribution in [3.63, 3.8) is 0 Å². The average Bonchev–Trinajstić information content (AvgIpc) is 2.93. The van der Waals surface area contributed by atoms with Gasteiger partial charge in [-0.2, -0.15) is 5.10 Å². The number of esters is 1. The Balaban J connectivity index is 1.83. The van der Waals surface area contributed by atoms with E-state index in [9.17, 15) is 9.59 Å². The van der Waals surface area contributed by atoms with Gasteiger partial charge in [-0.25, -0.2) is 4.79 Å². The number of cyclic esters (lactones) is 1. The fourth-order valence-electron chi connectivity index (χ4n) is 2.24. The van der Waals surface area contributed by atoms with Crippen molar-refractivity contribution in [2.45, 2.75) is 25.5 Å². The van der Waals surface area contributed by atoms with E-state index in [1.807, 2.05) is 24.3 Å². The maximum absolute atomic E-state index is 12.1. The highest BCUT2D eigenvalue weighted by atomic mass is 16.6. The van der Waals surface area contributed by atoms with E-state index < -0.39 is 6.04 Å². The summed E-state index contributed by atoms with van der Waals surface area (Å²) in [7, 11) is 0. The summed E-state index contributed by atoms with van der Waals surface area (Å²) in [4.78, 5) is 23.6. The van der Waals surface area contributed by atoms with Crippen LogP contribution in [-0.4, -0.2) is 34.2 Å². The predicted molar refractivity (Wildman–Crippen MR) is 67.5 cm³/mol. The molecule has 2 aromatic rings. The number of fused-ring (bicyclic) bond motifs is 1. The molecule has 1 amide bonds. The third-order valence-electron chi connectivity index (χ3n) is 3.16. The summed E-state index contributed by atoms with van der Waals surface area (Å²) in [5.74, 6) is -0.755. The molecular weight excluding hydrogens is 246 g/mol. The minimum atomic E-state index is -0.585. The quantitative estimate of drug-likeness (QED) is 0.788. The fraction of sp³-hybridized carbons (Fsp3) is 0.308. The van der Waals surface area contributed by atoms with E-state index in [0.29, 0.717) is 12.1 Å². The lowest BCUT2D eigenvalue weighted by atomic mass is 10.1. The molecule has 19 heavy (non-hydrogen) atoms. The molecule has 1 aliphatic heterocycles. The van der Waals surface area contributed by atoms with Gasteiger partial charge < -0.3 is 10.1 Å². The maximum atomic E-state index is 12.1. The Bertz CT molecular complexity index is 649. The number of nitrogens with one attached hydrogen (secondary N) is 2. The van der Waals surface area contributed by atoms with Gasteiger partial charge in [0.15, 0.2) is 5.69 Å². The molecule has 0 radical (unpaired) electrons. The molecule has 2 heterocycles. The van der Waals surface area contributed by atoms with E-state index in [2.05, 4.69) is 15.5 Å². The molecule has 1 aromatic heterocycles. The van der Waals surface area contributed by atoms with Gasteiger partial charge in [0.25, 0.3) is 5.91 Å². The zero-order valence-electron chi connectivity index (χ0n) is 10.3. The van der Waals surface area contributed by atoms with Crippen LogP contribution in [0.25, 0.3) is 10.9 Å². The van der Waals surface area contributed by atoms with Gasteiger partial charge in [-0.3, -0.25) is 9.89 Å². The van der Waals surface area contributed by atoms with E-state index >= 15 is 0 Å². The summed E-state index contributed by atoms with van der Waals surface area (Å²) >= 11 is 0. The van der Waals surface area contributed by atoms with E-state index in [0.717, 1.165) is 10.9 Å². The van der Waals surface area contributed by atoms with Crippen LogP contribution in [0, 0.1) is 0 Å². The molecule has 0 aliphatic carbocycles. The van der Waals surface area contributed by atoms with Gasteiger partial charge in [-0.15, -0.1) is 0 Å². The first-order valence-electron chi connectivity index (χ1n) is 6.09. The molecule has 6 nitrogen and oxygen atoms in total. The highest BCUT2D eigenvalue weighted by Crippen LogP contribution is 2.17. The van der Waals surface area contributed by atoms with E-state index in [-0.39, 0.29) is 18.0 Å². The van der Waals surface area contributed by atoms with Crippen LogP contribution in [0.15, 0.2) is 24.3 Å². The number of amides is 1. The van der Waals surface area contributed by atoms with Gasteiger partial charge in [0.1, 0.15) is 12.1 Å². The zero-order valence-corrected chi connectivity index (χ0v) is 10.3. The van der Waals surface area contributed by atoms with Gasteiger partial charge in [0.2, 0.25) is 0 Å². The lowest BCUT2D eigenvalue weighted by Gasteiger charge is -2.07. The van der Waals surface area contributed by atoms with Gasteiger partial charge in [-0.05, 0) is 13.0 Å². The maximum Gasteiger partial charge on any atom is 0.329 e. The Hall–Kier alpha value is -2.37. The Morgan fingerprint density at radius 1 is 1.47 bits per heavy atom. The highest BCUT2D eigenvalue weighted by Gasteiger charge is 2.33. The fourth-order valence-corrected chi connectivity index (χ4v) is 2.24. The Labute approximate surface area is 109 Å². The minimum Gasteiger partial charge on any atom is -0.461 e. The van der Waals surface area contributed by atoms with Crippen molar-refractivity contribution < 1.29 is 14.3 Å². The number of para-hydroxylation sites is 1. The number of H-pyrrole nitrogens is 1. The summed E-state index contributed by atoms with van der Waals surface area (Å²) in [6.07, 6.45) is 0.334. The van der Waals surface area contributed by atoms with Crippen molar-refractivity contribution in [1.29, 1.82) is 0 Å². The van der Waals surface area contributed by atoms with Crippen molar-refractivity contribution >= 4 is 22.8 Å². The van der Waals surface area contributed by atoms with Crippen molar-refractivity contribution in [3.8, 4) is 0 Å². The number of ether oxygens (including phenoxy) is 1. The van der Waals surface area contributed by atoms with Crippen LogP contribution in [-0.2, 0) is 9.53 Å². The molecule has 1 fully saturated rings. The van der Waals surface area contributed by atoms with Gasteiger partial charge in [0, 0.05) is 11.8 Å². The molecule has 1 aliphatic rings. The highest BCUT2D eigenvalue weighted by molar-refractivity contribution is 6.05. The molecule has 6 heteroatoms. The summed E-state index contributed by atoms with van der Waals surface area (Å²) in [5.41, 5.74) is 1.08. The Morgan fingerprint density at radius 3 is 3.00 bits per heavy atom. The number of hydrogen-bond acceptors (Lipinski definition) is 4. The first-order chi connectivity index (χ1) is 9.15. The second kappa shape index (κ2) is 4.38. The minimum absolute atomic E-state index is 0.159. The number of nitrogens with zero attached hydrogens (tertiary/aromatic N) is 1. The van der Waals surface area contributed by atoms with Crippen LogP contribution in [0.4, 0.5) is 0 Å². The summed E-state index contributed by atoms with van der Waals surface area (Å²) in [5, 5.41) is 10.2. The molecule has 0 unspecified atom stereocenters. The second-order valence-electron chi connectivity index (χ2n) is 4.63. The van der Waals surface area contributed by atoms with Gasteiger partial charge in [-0.1, -0.05) is 18.2 Å². The standard InChI is InChI=1S/C13H13N3O3/c1-7-6-10(13(18)19-7)14-12(17)11-8-4-2-3-5-9(8)15-16-11/h2-5,7,10H,6H2,1H3,(H,14,17)(H,15,16)/t7-,10-/m1/s1. The third-order valence-corrected chi connectivity index (χ3v) is 3.16. The topological polar surface area (TPSA) is 84.1 Å². The van der Waals surface area contributed by atoms with Crippen molar-refractivity contribution in [2.75, 3.05) is 0 Å². The first kappa shape index (κ1) is 11.7. The number of aromatic nitrogens is 2. The molecule has 2 N–H and O–H groups in total. The molecule has 0 bridgehead atoms. The predicted octanol–water partition coefficient (Wildman–Crippen LogP) is 0.997. The van der Waals surface area contributed by atoms with Crippen LogP contribution in [0.5, 0.6) is 0 Å². The van der Waals surface area contributed by atoms with Gasteiger partial charge in [0.05, 0.1) is 5.52 Å². The number of aromatic amines is 1. The summed E-state index contributed by atoms with van der Waals surface area (Å²) < 4.78 is 5.00. The molecule has 1 saturated heterocycles. The number of rotatable bonds is 2. The van der Waals surface area contributed by atoms with Crippen molar-refractivity contribution in [1.82, 2.24) is 15.5 Å². The molecule has 0 saturated carbocycles. The number of carbonyl (C=O) groups excluding carboxylic acids is 2. The summed E-state index contributed by atoms with van der Waals surface area (Å²) in [6.45, 7) is 1.80. The largest absolute Gasteiger partial charge is 0.461 e. The molecule has 0 spiro atoms. The van der Waals surface area contributed by atoms with E-state index in [1.165, 1.54) is 0 Å². The van der Waals surface area contributed by atoms with Crippen LogP contribution in [0.3, 0.4) is 0 Å².